The molecule has 1 aromatic rings. The SMILES string of the molecule is CCN(CC(F)(F)F)C(=O)c1cc(C)cc(Br)c1. The highest BCUT2D eigenvalue weighted by molar-refractivity contribution is 9.10. The summed E-state index contributed by atoms with van der Waals surface area (Å²) in [6.07, 6.45) is -4.38. The maximum Gasteiger partial charge on any atom is 0.406 e. The van der Waals surface area contributed by atoms with Crippen LogP contribution < -0.4 is 0 Å². The molecule has 0 saturated heterocycles. The van der Waals surface area contributed by atoms with Crippen molar-refractivity contribution < 1.29 is 18.0 Å². The molecule has 0 aliphatic heterocycles. The average molecular weight is 324 g/mol. The summed E-state index contributed by atoms with van der Waals surface area (Å²) >= 11 is 3.22. The zero-order valence-corrected chi connectivity index (χ0v) is 11.6. The summed E-state index contributed by atoms with van der Waals surface area (Å²) < 4.78 is 37.6. The van der Waals surface area contributed by atoms with Gasteiger partial charge in [0.25, 0.3) is 5.91 Å². The summed E-state index contributed by atoms with van der Waals surface area (Å²) in [5, 5.41) is 0. The van der Waals surface area contributed by atoms with E-state index in [4.69, 9.17) is 0 Å². The monoisotopic (exact) mass is 323 g/mol. The van der Waals surface area contributed by atoms with Crippen LogP contribution in [0.3, 0.4) is 0 Å². The van der Waals surface area contributed by atoms with E-state index in [1.165, 1.54) is 13.0 Å². The van der Waals surface area contributed by atoms with Crippen molar-refractivity contribution in [2.45, 2.75) is 20.0 Å². The van der Waals surface area contributed by atoms with Gasteiger partial charge >= 0.3 is 6.18 Å². The fourth-order valence-electron chi connectivity index (χ4n) is 1.59. The fourth-order valence-corrected chi connectivity index (χ4v) is 2.19. The number of benzene rings is 1. The topological polar surface area (TPSA) is 20.3 Å². The third-order valence-electron chi connectivity index (χ3n) is 2.33. The normalized spacial score (nSPS) is 11.4. The average Bonchev–Trinajstić information content (AvgIpc) is 2.22. The Balaban J connectivity index is 2.96. The Morgan fingerprint density at radius 2 is 1.94 bits per heavy atom. The lowest BCUT2D eigenvalue weighted by molar-refractivity contribution is -0.140. The Kier molecular flexibility index (Phi) is 4.78. The predicted octanol–water partition coefficient (Wildman–Crippen LogP) is 3.78. The largest absolute Gasteiger partial charge is 0.406 e. The molecule has 0 saturated carbocycles. The van der Waals surface area contributed by atoms with Crippen LogP contribution in [-0.2, 0) is 0 Å². The molecule has 1 aromatic carbocycles. The molecule has 2 nitrogen and oxygen atoms in total. The maximum absolute atomic E-state index is 12.3. The minimum atomic E-state index is -4.38. The summed E-state index contributed by atoms with van der Waals surface area (Å²) in [6, 6.07) is 4.89. The van der Waals surface area contributed by atoms with Gasteiger partial charge in [0, 0.05) is 16.6 Å². The summed E-state index contributed by atoms with van der Waals surface area (Å²) in [5.74, 6) is -0.612. The zero-order chi connectivity index (χ0) is 13.9. The number of hydrogen-bond donors (Lipinski definition) is 0. The van der Waals surface area contributed by atoms with Gasteiger partial charge in [-0.3, -0.25) is 4.79 Å². The number of halogens is 4. The van der Waals surface area contributed by atoms with Crippen molar-refractivity contribution in [3.63, 3.8) is 0 Å². The second-order valence-corrected chi connectivity index (χ2v) is 4.87. The highest BCUT2D eigenvalue weighted by Crippen LogP contribution is 2.20. The van der Waals surface area contributed by atoms with Crippen LogP contribution in [0, 0.1) is 6.92 Å². The molecule has 1 amide bonds. The van der Waals surface area contributed by atoms with Gasteiger partial charge in [0.15, 0.2) is 0 Å². The molecule has 0 atom stereocenters. The molecular weight excluding hydrogens is 311 g/mol. The van der Waals surface area contributed by atoms with Gasteiger partial charge in [-0.2, -0.15) is 13.2 Å². The van der Waals surface area contributed by atoms with Crippen molar-refractivity contribution in [1.29, 1.82) is 0 Å². The molecule has 18 heavy (non-hydrogen) atoms. The molecule has 6 heteroatoms. The molecule has 0 bridgehead atoms. The lowest BCUT2D eigenvalue weighted by Gasteiger charge is -2.22. The molecule has 0 unspecified atom stereocenters. The number of amides is 1. The van der Waals surface area contributed by atoms with Gasteiger partial charge < -0.3 is 4.90 Å². The van der Waals surface area contributed by atoms with Crippen LogP contribution in [0.15, 0.2) is 22.7 Å². The number of aryl methyl sites for hydroxylation is 1. The molecule has 0 heterocycles. The smallest absolute Gasteiger partial charge is 0.330 e. The number of carbonyl (C=O) groups excluding carboxylic acids is 1. The molecule has 100 valence electrons. The number of alkyl halides is 3. The number of carbonyl (C=O) groups is 1. The van der Waals surface area contributed by atoms with Crippen molar-refractivity contribution in [3.8, 4) is 0 Å². The van der Waals surface area contributed by atoms with Crippen LogP contribution in [0.5, 0.6) is 0 Å². The first-order valence-electron chi connectivity index (χ1n) is 5.36. The molecule has 0 radical (unpaired) electrons. The van der Waals surface area contributed by atoms with E-state index in [1.54, 1.807) is 19.1 Å². The summed E-state index contributed by atoms with van der Waals surface area (Å²) in [6.45, 7) is 2.09. The molecule has 1 rings (SSSR count). The number of hydrogen-bond acceptors (Lipinski definition) is 1. The minimum Gasteiger partial charge on any atom is -0.330 e. The Morgan fingerprint density at radius 1 is 1.33 bits per heavy atom. The van der Waals surface area contributed by atoms with Crippen molar-refractivity contribution in [3.05, 3.63) is 33.8 Å². The van der Waals surface area contributed by atoms with Gasteiger partial charge in [-0.1, -0.05) is 15.9 Å². The van der Waals surface area contributed by atoms with E-state index in [9.17, 15) is 18.0 Å². The Hall–Kier alpha value is -1.04. The van der Waals surface area contributed by atoms with Crippen molar-refractivity contribution >= 4 is 21.8 Å². The molecule has 0 aliphatic rings. The van der Waals surface area contributed by atoms with Crippen LogP contribution in [0.4, 0.5) is 13.2 Å². The third kappa shape index (κ3) is 4.33. The first-order chi connectivity index (χ1) is 8.23. The van der Waals surface area contributed by atoms with E-state index in [0.717, 1.165) is 10.5 Å². The Labute approximate surface area is 112 Å². The van der Waals surface area contributed by atoms with Crippen LogP contribution in [-0.4, -0.2) is 30.1 Å². The summed E-state index contributed by atoms with van der Waals surface area (Å²) in [4.78, 5) is 12.7. The number of nitrogens with zero attached hydrogens (tertiary/aromatic N) is 1. The van der Waals surface area contributed by atoms with Gasteiger partial charge in [-0.05, 0) is 37.6 Å². The van der Waals surface area contributed by atoms with Crippen molar-refractivity contribution in [2.24, 2.45) is 0 Å². The Bertz CT molecular complexity index is 425. The summed E-state index contributed by atoms with van der Waals surface area (Å²) in [5.41, 5.74) is 1.07. The first kappa shape index (κ1) is 15.0. The molecule has 0 spiro atoms. The highest BCUT2D eigenvalue weighted by Gasteiger charge is 2.32. The maximum atomic E-state index is 12.3. The van der Waals surface area contributed by atoms with E-state index in [0.29, 0.717) is 4.47 Å². The second kappa shape index (κ2) is 5.73. The summed E-state index contributed by atoms with van der Waals surface area (Å²) in [7, 11) is 0. The zero-order valence-electron chi connectivity index (χ0n) is 10.0. The van der Waals surface area contributed by atoms with Gasteiger partial charge in [0.2, 0.25) is 0 Å². The molecule has 0 fully saturated rings. The first-order valence-corrected chi connectivity index (χ1v) is 6.15. The van der Waals surface area contributed by atoms with Gasteiger partial charge in [-0.25, -0.2) is 0 Å². The lowest BCUT2D eigenvalue weighted by Crippen LogP contribution is -2.38. The predicted molar refractivity (Wildman–Crippen MR) is 66.5 cm³/mol. The third-order valence-corrected chi connectivity index (χ3v) is 2.79. The standard InChI is InChI=1S/C12H13BrF3NO/c1-3-17(7-12(14,15)16)11(18)9-4-8(2)5-10(13)6-9/h4-6H,3,7H2,1-2H3. The van der Waals surface area contributed by atoms with Crippen molar-refractivity contribution in [1.82, 2.24) is 4.90 Å². The van der Waals surface area contributed by atoms with Gasteiger partial charge in [-0.15, -0.1) is 0 Å². The minimum absolute atomic E-state index is 0.0178. The fraction of sp³-hybridized carbons (Fsp3) is 0.417. The van der Waals surface area contributed by atoms with E-state index in [2.05, 4.69) is 15.9 Å². The van der Waals surface area contributed by atoms with Crippen LogP contribution in [0.1, 0.15) is 22.8 Å². The van der Waals surface area contributed by atoms with Gasteiger partial charge in [0.05, 0.1) is 0 Å². The van der Waals surface area contributed by atoms with Crippen LogP contribution in [0.2, 0.25) is 0 Å². The highest BCUT2D eigenvalue weighted by atomic mass is 79.9. The second-order valence-electron chi connectivity index (χ2n) is 3.95. The van der Waals surface area contributed by atoms with E-state index >= 15 is 0 Å². The van der Waals surface area contributed by atoms with Crippen molar-refractivity contribution in [2.75, 3.05) is 13.1 Å². The van der Waals surface area contributed by atoms with E-state index in [1.807, 2.05) is 0 Å². The molecular formula is C12H13BrF3NO. The quantitative estimate of drug-likeness (QED) is 0.829. The van der Waals surface area contributed by atoms with E-state index in [-0.39, 0.29) is 12.1 Å². The number of rotatable bonds is 3. The van der Waals surface area contributed by atoms with Crippen LogP contribution >= 0.6 is 15.9 Å². The molecule has 0 N–H and O–H groups in total. The molecule has 0 aliphatic carbocycles. The Morgan fingerprint density at radius 3 is 2.39 bits per heavy atom. The lowest BCUT2D eigenvalue weighted by atomic mass is 10.1. The van der Waals surface area contributed by atoms with Crippen LogP contribution in [0.25, 0.3) is 0 Å². The van der Waals surface area contributed by atoms with E-state index < -0.39 is 18.6 Å². The van der Waals surface area contributed by atoms with Gasteiger partial charge in [0.1, 0.15) is 6.54 Å². The molecule has 0 aromatic heterocycles.